The fourth-order valence-corrected chi connectivity index (χ4v) is 1.93. The van der Waals surface area contributed by atoms with Crippen molar-refractivity contribution in [3.05, 3.63) is 23.8 Å². The highest BCUT2D eigenvalue weighted by Gasteiger charge is 2.28. The highest BCUT2D eigenvalue weighted by molar-refractivity contribution is 5.97. The van der Waals surface area contributed by atoms with Gasteiger partial charge < -0.3 is 15.4 Å². The molecule has 0 bridgehead atoms. The molecule has 1 aromatic carbocycles. The van der Waals surface area contributed by atoms with Gasteiger partial charge in [0.25, 0.3) is 0 Å². The molecular formula is C13H16N2O3. The van der Waals surface area contributed by atoms with Crippen LogP contribution < -0.4 is 15.4 Å². The molecule has 1 saturated heterocycles. The van der Waals surface area contributed by atoms with Crippen molar-refractivity contribution in [2.45, 2.75) is 13.3 Å². The van der Waals surface area contributed by atoms with Gasteiger partial charge >= 0.3 is 0 Å². The minimum atomic E-state index is -0.279. The van der Waals surface area contributed by atoms with Gasteiger partial charge in [-0.05, 0) is 30.7 Å². The van der Waals surface area contributed by atoms with Gasteiger partial charge in [0.15, 0.2) is 0 Å². The van der Waals surface area contributed by atoms with E-state index in [2.05, 4.69) is 10.6 Å². The predicted molar refractivity (Wildman–Crippen MR) is 67.5 cm³/mol. The number of carbonyl (C=O) groups is 2. The number of hydrogen-bond acceptors (Lipinski definition) is 3. The average Bonchev–Trinajstić information content (AvgIpc) is 2.78. The SMILES string of the molecule is COc1ccc(NC(=O)C2CNC(=O)C2)c(C)c1. The molecule has 2 N–H and O–H groups in total. The van der Waals surface area contributed by atoms with Crippen LogP contribution in [-0.2, 0) is 9.59 Å². The van der Waals surface area contributed by atoms with Crippen LogP contribution in [0.2, 0.25) is 0 Å². The van der Waals surface area contributed by atoms with Crippen LogP contribution >= 0.6 is 0 Å². The maximum atomic E-state index is 11.9. The molecule has 0 saturated carbocycles. The van der Waals surface area contributed by atoms with Gasteiger partial charge in [0.2, 0.25) is 11.8 Å². The molecule has 1 atom stereocenters. The lowest BCUT2D eigenvalue weighted by atomic mass is 10.1. The van der Waals surface area contributed by atoms with Gasteiger partial charge in [0.05, 0.1) is 13.0 Å². The molecule has 1 unspecified atom stereocenters. The Bertz CT molecular complexity index is 485. The van der Waals surface area contributed by atoms with Crippen LogP contribution in [0, 0.1) is 12.8 Å². The number of ether oxygens (including phenoxy) is 1. The Balaban J connectivity index is 2.05. The van der Waals surface area contributed by atoms with E-state index in [4.69, 9.17) is 4.74 Å². The summed E-state index contributed by atoms with van der Waals surface area (Å²) in [6, 6.07) is 5.45. The molecule has 1 aliphatic rings. The summed E-state index contributed by atoms with van der Waals surface area (Å²) in [4.78, 5) is 23.0. The van der Waals surface area contributed by atoms with Crippen LogP contribution in [0.4, 0.5) is 5.69 Å². The molecule has 1 aliphatic heterocycles. The van der Waals surface area contributed by atoms with Gasteiger partial charge in [-0.1, -0.05) is 0 Å². The largest absolute Gasteiger partial charge is 0.497 e. The van der Waals surface area contributed by atoms with Crippen LogP contribution in [0.25, 0.3) is 0 Å². The Kier molecular flexibility index (Phi) is 3.50. The van der Waals surface area contributed by atoms with Crippen molar-refractivity contribution < 1.29 is 14.3 Å². The highest BCUT2D eigenvalue weighted by Crippen LogP contribution is 2.22. The van der Waals surface area contributed by atoms with E-state index in [1.807, 2.05) is 13.0 Å². The van der Waals surface area contributed by atoms with Gasteiger partial charge in [0.1, 0.15) is 5.75 Å². The fraction of sp³-hybridized carbons (Fsp3) is 0.385. The molecule has 0 spiro atoms. The molecule has 1 heterocycles. The van der Waals surface area contributed by atoms with E-state index in [9.17, 15) is 9.59 Å². The Hall–Kier alpha value is -2.04. The van der Waals surface area contributed by atoms with Crippen molar-refractivity contribution in [1.82, 2.24) is 5.32 Å². The summed E-state index contributed by atoms with van der Waals surface area (Å²) in [5.41, 5.74) is 1.68. The lowest BCUT2D eigenvalue weighted by Gasteiger charge is -2.12. The quantitative estimate of drug-likeness (QED) is 0.841. The predicted octanol–water partition coefficient (Wildman–Crippen LogP) is 1.08. The van der Waals surface area contributed by atoms with Crippen molar-refractivity contribution >= 4 is 17.5 Å². The summed E-state index contributed by atoms with van der Waals surface area (Å²) in [6.07, 6.45) is 0.265. The number of methoxy groups -OCH3 is 1. The minimum Gasteiger partial charge on any atom is -0.497 e. The van der Waals surface area contributed by atoms with Gasteiger partial charge in [0, 0.05) is 18.7 Å². The summed E-state index contributed by atoms with van der Waals surface area (Å²) in [6.45, 7) is 2.32. The average molecular weight is 248 g/mol. The number of amides is 2. The van der Waals surface area contributed by atoms with Gasteiger partial charge in [-0.3, -0.25) is 9.59 Å². The fourth-order valence-electron chi connectivity index (χ4n) is 1.93. The Morgan fingerprint density at radius 3 is 2.83 bits per heavy atom. The van der Waals surface area contributed by atoms with Crippen molar-refractivity contribution in [1.29, 1.82) is 0 Å². The zero-order chi connectivity index (χ0) is 13.1. The van der Waals surface area contributed by atoms with Crippen LogP contribution in [0.15, 0.2) is 18.2 Å². The van der Waals surface area contributed by atoms with E-state index in [-0.39, 0.29) is 24.2 Å². The summed E-state index contributed by atoms with van der Waals surface area (Å²) in [5.74, 6) is 0.283. The number of carbonyl (C=O) groups excluding carboxylic acids is 2. The number of benzene rings is 1. The van der Waals surface area contributed by atoms with E-state index < -0.39 is 0 Å². The van der Waals surface area contributed by atoms with Crippen LogP contribution in [0.5, 0.6) is 5.75 Å². The van der Waals surface area contributed by atoms with E-state index >= 15 is 0 Å². The van der Waals surface area contributed by atoms with Crippen molar-refractivity contribution in [2.75, 3.05) is 19.0 Å². The van der Waals surface area contributed by atoms with Gasteiger partial charge in [-0.25, -0.2) is 0 Å². The zero-order valence-corrected chi connectivity index (χ0v) is 10.4. The molecule has 0 radical (unpaired) electrons. The highest BCUT2D eigenvalue weighted by atomic mass is 16.5. The molecule has 96 valence electrons. The molecule has 1 aromatic rings. The first kappa shape index (κ1) is 12.4. The molecular weight excluding hydrogens is 232 g/mol. The molecule has 18 heavy (non-hydrogen) atoms. The maximum absolute atomic E-state index is 11.9. The molecule has 0 aliphatic carbocycles. The lowest BCUT2D eigenvalue weighted by molar-refractivity contribution is -0.123. The number of anilines is 1. The van der Waals surface area contributed by atoms with Crippen LogP contribution in [0.1, 0.15) is 12.0 Å². The Morgan fingerprint density at radius 2 is 2.28 bits per heavy atom. The summed E-state index contributed by atoms with van der Waals surface area (Å²) >= 11 is 0. The third-order valence-corrected chi connectivity index (χ3v) is 3.04. The molecule has 2 amide bonds. The van der Waals surface area contributed by atoms with Crippen molar-refractivity contribution in [3.8, 4) is 5.75 Å². The first-order valence-electron chi connectivity index (χ1n) is 5.82. The standard InChI is InChI=1S/C13H16N2O3/c1-8-5-10(18-2)3-4-11(8)15-13(17)9-6-12(16)14-7-9/h3-5,9H,6-7H2,1-2H3,(H,14,16)(H,15,17). The van der Waals surface area contributed by atoms with E-state index in [0.717, 1.165) is 17.0 Å². The maximum Gasteiger partial charge on any atom is 0.229 e. The van der Waals surface area contributed by atoms with Gasteiger partial charge in [-0.15, -0.1) is 0 Å². The number of rotatable bonds is 3. The Labute approximate surface area is 106 Å². The number of nitrogens with one attached hydrogen (secondary N) is 2. The first-order valence-corrected chi connectivity index (χ1v) is 5.82. The second-order valence-corrected chi connectivity index (χ2v) is 4.38. The molecule has 5 nitrogen and oxygen atoms in total. The molecule has 0 aromatic heterocycles. The zero-order valence-electron chi connectivity index (χ0n) is 10.4. The van der Waals surface area contributed by atoms with E-state index in [1.54, 1.807) is 19.2 Å². The van der Waals surface area contributed by atoms with E-state index in [1.165, 1.54) is 0 Å². The molecule has 2 rings (SSSR count). The second-order valence-electron chi connectivity index (χ2n) is 4.38. The monoisotopic (exact) mass is 248 g/mol. The lowest BCUT2D eigenvalue weighted by Crippen LogP contribution is -2.25. The van der Waals surface area contributed by atoms with E-state index in [0.29, 0.717) is 6.54 Å². The van der Waals surface area contributed by atoms with Crippen LogP contribution in [-0.4, -0.2) is 25.5 Å². The molecule has 1 fully saturated rings. The summed E-state index contributed by atoms with van der Waals surface area (Å²) in [7, 11) is 1.60. The third kappa shape index (κ3) is 2.61. The normalized spacial score (nSPS) is 18.3. The number of hydrogen-bond donors (Lipinski definition) is 2. The minimum absolute atomic E-state index is 0.0680. The summed E-state index contributed by atoms with van der Waals surface area (Å²) < 4.78 is 5.10. The first-order chi connectivity index (χ1) is 8.60. The smallest absolute Gasteiger partial charge is 0.229 e. The summed E-state index contributed by atoms with van der Waals surface area (Å²) in [5, 5.41) is 5.49. The third-order valence-electron chi connectivity index (χ3n) is 3.04. The number of aryl methyl sites for hydroxylation is 1. The van der Waals surface area contributed by atoms with Crippen molar-refractivity contribution in [3.63, 3.8) is 0 Å². The van der Waals surface area contributed by atoms with Gasteiger partial charge in [-0.2, -0.15) is 0 Å². The van der Waals surface area contributed by atoms with Crippen molar-refractivity contribution in [2.24, 2.45) is 5.92 Å². The second kappa shape index (κ2) is 5.08. The Morgan fingerprint density at radius 1 is 1.50 bits per heavy atom. The topological polar surface area (TPSA) is 67.4 Å². The molecule has 5 heteroatoms. The van der Waals surface area contributed by atoms with Crippen LogP contribution in [0.3, 0.4) is 0 Å².